The van der Waals surface area contributed by atoms with Crippen LogP contribution in [0.5, 0.6) is 0 Å². The van der Waals surface area contributed by atoms with Gasteiger partial charge in [-0.3, -0.25) is 4.79 Å². The monoisotopic (exact) mass is 220 g/mol. The van der Waals surface area contributed by atoms with Crippen LogP contribution in [0.4, 0.5) is 0 Å². The third-order valence-corrected chi connectivity index (χ3v) is 4.24. The molecule has 2 rings (SSSR count). The molecule has 2 fully saturated rings. The molecule has 0 aromatic heterocycles. The first-order valence-electron chi connectivity index (χ1n) is 6.03. The van der Waals surface area contributed by atoms with E-state index >= 15 is 0 Å². The predicted octanol–water partition coefficient (Wildman–Crippen LogP) is 1.30. The van der Waals surface area contributed by atoms with Gasteiger partial charge in [-0.2, -0.15) is 0 Å². The van der Waals surface area contributed by atoms with Crippen molar-refractivity contribution in [1.29, 1.82) is 0 Å². The quantitative estimate of drug-likeness (QED) is 0.531. The Balaban J connectivity index is 2.01. The van der Waals surface area contributed by atoms with Crippen molar-refractivity contribution in [3.8, 4) is 0 Å². The maximum Gasteiger partial charge on any atom is 0.305 e. The fourth-order valence-corrected chi connectivity index (χ4v) is 3.49. The highest BCUT2D eigenvalue weighted by atomic mass is 16.5. The molecule has 0 aromatic rings. The number of carbonyl (C=O) groups is 2. The Morgan fingerprint density at radius 1 is 1.38 bits per heavy atom. The van der Waals surface area contributed by atoms with Crippen LogP contribution < -0.4 is 0 Å². The van der Waals surface area contributed by atoms with E-state index in [1.807, 2.05) is 6.92 Å². The van der Waals surface area contributed by atoms with Gasteiger partial charge in [0.05, 0.1) is 5.68 Å². The minimum absolute atomic E-state index is 0.0124. The molecule has 2 aliphatic carbocycles. The van der Waals surface area contributed by atoms with E-state index in [-0.39, 0.29) is 29.6 Å². The zero-order valence-corrected chi connectivity index (χ0v) is 9.81. The van der Waals surface area contributed by atoms with E-state index in [2.05, 4.69) is 0 Å². The van der Waals surface area contributed by atoms with Crippen LogP contribution in [0.15, 0.2) is 0 Å². The zero-order chi connectivity index (χ0) is 11.9. The van der Waals surface area contributed by atoms with Crippen LogP contribution in [0.3, 0.4) is 0 Å². The van der Waals surface area contributed by atoms with E-state index in [0.29, 0.717) is 18.3 Å². The molecule has 2 radical (unpaired) electrons. The topological polar surface area (TPSA) is 43.4 Å². The SMILES string of the molecule is [B]C(=O)C1C2CC(OC(=O)CC)C(C2)C1C. The summed E-state index contributed by atoms with van der Waals surface area (Å²) in [7, 11) is 5.40. The van der Waals surface area contributed by atoms with Crippen LogP contribution in [0.2, 0.25) is 0 Å². The van der Waals surface area contributed by atoms with Gasteiger partial charge in [0.2, 0.25) is 0 Å². The van der Waals surface area contributed by atoms with Crippen molar-refractivity contribution in [1.82, 2.24) is 0 Å². The van der Waals surface area contributed by atoms with Crippen molar-refractivity contribution in [3.63, 3.8) is 0 Å². The minimum Gasteiger partial charge on any atom is -0.462 e. The predicted molar refractivity (Wildman–Crippen MR) is 59.8 cm³/mol. The third kappa shape index (κ3) is 1.78. The highest BCUT2D eigenvalue weighted by molar-refractivity contribution is 6.58. The maximum atomic E-state index is 11.3. The van der Waals surface area contributed by atoms with Gasteiger partial charge in [-0.15, -0.1) is 0 Å². The molecule has 86 valence electrons. The first kappa shape index (κ1) is 11.7. The van der Waals surface area contributed by atoms with Crippen LogP contribution in [0, 0.1) is 23.7 Å². The number of rotatable bonds is 3. The number of esters is 1. The van der Waals surface area contributed by atoms with Gasteiger partial charge in [-0.25, -0.2) is 0 Å². The lowest BCUT2D eigenvalue weighted by Gasteiger charge is -2.32. The first-order valence-corrected chi connectivity index (χ1v) is 6.03. The zero-order valence-electron chi connectivity index (χ0n) is 9.81. The average molecular weight is 220 g/mol. The summed E-state index contributed by atoms with van der Waals surface area (Å²) < 4.78 is 5.40. The summed E-state index contributed by atoms with van der Waals surface area (Å²) in [6.07, 6.45) is 2.23. The molecule has 2 saturated carbocycles. The highest BCUT2D eigenvalue weighted by Crippen LogP contribution is 2.53. The molecule has 0 amide bonds. The number of hydrogen-bond acceptors (Lipinski definition) is 3. The maximum absolute atomic E-state index is 11.3. The summed E-state index contributed by atoms with van der Waals surface area (Å²) in [5.41, 5.74) is -0.194. The highest BCUT2D eigenvalue weighted by Gasteiger charge is 2.53. The Bertz CT molecular complexity index is 313. The molecule has 0 aliphatic heterocycles. The fraction of sp³-hybridized carbons (Fsp3) is 0.833. The van der Waals surface area contributed by atoms with Crippen molar-refractivity contribution >= 4 is 19.5 Å². The number of hydrogen-bond donors (Lipinski definition) is 0. The lowest BCUT2D eigenvalue weighted by Crippen LogP contribution is -2.36. The normalized spacial score (nSPS) is 41.0. The average Bonchev–Trinajstić information content (AvgIpc) is 2.73. The standard InChI is InChI=1S/C12H17BO3/c1-3-10(14)16-9-5-7-4-8(9)6(2)11(7)12(13)15/h6-9,11H,3-5H2,1-2H3. The summed E-state index contributed by atoms with van der Waals surface area (Å²) in [6, 6.07) is 0. The fourth-order valence-electron chi connectivity index (χ4n) is 3.49. The molecule has 0 spiro atoms. The molecule has 5 atom stereocenters. The first-order chi connectivity index (χ1) is 7.54. The second kappa shape index (κ2) is 4.23. The van der Waals surface area contributed by atoms with Gasteiger partial charge in [-0.1, -0.05) is 13.8 Å². The van der Waals surface area contributed by atoms with Gasteiger partial charge >= 0.3 is 5.97 Å². The lowest BCUT2D eigenvalue weighted by molar-refractivity contribution is -0.152. The summed E-state index contributed by atoms with van der Waals surface area (Å²) in [4.78, 5) is 22.6. The van der Waals surface area contributed by atoms with Crippen molar-refractivity contribution in [3.05, 3.63) is 0 Å². The van der Waals surface area contributed by atoms with Gasteiger partial charge in [0, 0.05) is 12.3 Å². The molecular formula is C12H17BO3. The molecule has 2 bridgehead atoms. The van der Waals surface area contributed by atoms with Crippen LogP contribution in [0.1, 0.15) is 33.1 Å². The Morgan fingerprint density at radius 2 is 2.06 bits per heavy atom. The Morgan fingerprint density at radius 3 is 2.56 bits per heavy atom. The lowest BCUT2D eigenvalue weighted by atomic mass is 9.72. The number of carbonyl (C=O) groups excluding carboxylic acids is 2. The van der Waals surface area contributed by atoms with Gasteiger partial charge in [-0.05, 0) is 30.6 Å². The number of fused-ring (bicyclic) bond motifs is 2. The second-order valence-electron chi connectivity index (χ2n) is 5.06. The van der Waals surface area contributed by atoms with E-state index in [0.717, 1.165) is 12.8 Å². The molecule has 0 heterocycles. The molecular weight excluding hydrogens is 203 g/mol. The molecule has 4 heteroatoms. The van der Waals surface area contributed by atoms with E-state index in [1.54, 1.807) is 6.92 Å². The molecule has 16 heavy (non-hydrogen) atoms. The van der Waals surface area contributed by atoms with Crippen LogP contribution >= 0.6 is 0 Å². The molecule has 0 aromatic carbocycles. The summed E-state index contributed by atoms with van der Waals surface area (Å²) in [5, 5.41) is 0. The van der Waals surface area contributed by atoms with Crippen LogP contribution in [-0.4, -0.2) is 25.6 Å². The van der Waals surface area contributed by atoms with Crippen LogP contribution in [0.25, 0.3) is 0 Å². The Labute approximate surface area is 97.3 Å². The smallest absolute Gasteiger partial charge is 0.305 e. The second-order valence-corrected chi connectivity index (χ2v) is 5.06. The Hall–Kier alpha value is -0.795. The molecule has 0 saturated heterocycles. The molecule has 2 aliphatic rings. The largest absolute Gasteiger partial charge is 0.462 e. The van der Waals surface area contributed by atoms with Gasteiger partial charge < -0.3 is 9.53 Å². The van der Waals surface area contributed by atoms with Crippen molar-refractivity contribution in [2.45, 2.75) is 39.2 Å². The molecule has 0 N–H and O–H groups in total. The van der Waals surface area contributed by atoms with Gasteiger partial charge in [0.15, 0.2) is 7.85 Å². The van der Waals surface area contributed by atoms with E-state index in [4.69, 9.17) is 12.6 Å². The van der Waals surface area contributed by atoms with Crippen molar-refractivity contribution < 1.29 is 14.3 Å². The van der Waals surface area contributed by atoms with E-state index < -0.39 is 0 Å². The molecule has 3 nitrogen and oxygen atoms in total. The van der Waals surface area contributed by atoms with Crippen LogP contribution in [-0.2, 0) is 14.3 Å². The third-order valence-electron chi connectivity index (χ3n) is 4.24. The number of ether oxygens (including phenoxy) is 1. The van der Waals surface area contributed by atoms with Crippen molar-refractivity contribution in [2.24, 2.45) is 23.7 Å². The molecule has 5 unspecified atom stereocenters. The summed E-state index contributed by atoms with van der Waals surface area (Å²) >= 11 is 0. The summed E-state index contributed by atoms with van der Waals surface area (Å²) in [5.74, 6) is 0.762. The minimum atomic E-state index is -0.194. The van der Waals surface area contributed by atoms with Crippen molar-refractivity contribution in [2.75, 3.05) is 0 Å². The van der Waals surface area contributed by atoms with Gasteiger partial charge in [0.25, 0.3) is 0 Å². The summed E-state index contributed by atoms with van der Waals surface area (Å²) in [6.45, 7) is 3.84. The van der Waals surface area contributed by atoms with E-state index in [1.165, 1.54) is 0 Å². The van der Waals surface area contributed by atoms with E-state index in [9.17, 15) is 9.59 Å². The van der Waals surface area contributed by atoms with Gasteiger partial charge in [0.1, 0.15) is 6.10 Å². The Kier molecular flexibility index (Phi) is 3.09.